The molecular formula is C28H26N2O3S. The minimum Gasteiger partial charge on any atom is -0.493 e. The van der Waals surface area contributed by atoms with Crippen LogP contribution in [-0.4, -0.2) is 24.1 Å². The van der Waals surface area contributed by atoms with E-state index in [-0.39, 0.29) is 12.0 Å². The third-order valence-corrected chi connectivity index (χ3v) is 5.76. The van der Waals surface area contributed by atoms with E-state index in [0.717, 1.165) is 22.4 Å². The monoisotopic (exact) mass is 470 g/mol. The maximum absolute atomic E-state index is 12.4. The molecule has 0 aliphatic carbocycles. The summed E-state index contributed by atoms with van der Waals surface area (Å²) < 4.78 is 11.1. The van der Waals surface area contributed by atoms with Gasteiger partial charge in [0.05, 0.1) is 18.9 Å². The van der Waals surface area contributed by atoms with Gasteiger partial charge in [-0.2, -0.15) is 0 Å². The Labute approximate surface area is 203 Å². The van der Waals surface area contributed by atoms with Crippen LogP contribution in [0.1, 0.15) is 19.4 Å². The fraction of sp³-hybridized carbons (Fsp3) is 0.143. The van der Waals surface area contributed by atoms with E-state index in [2.05, 4.69) is 34.6 Å². The van der Waals surface area contributed by atoms with Gasteiger partial charge in [0.1, 0.15) is 0 Å². The van der Waals surface area contributed by atoms with E-state index in [9.17, 15) is 4.79 Å². The molecule has 0 saturated carbocycles. The number of anilines is 1. The first kappa shape index (κ1) is 23.3. The summed E-state index contributed by atoms with van der Waals surface area (Å²) in [6.07, 6.45) is 3.26. The summed E-state index contributed by atoms with van der Waals surface area (Å²) in [5.74, 6) is 1.05. The minimum atomic E-state index is -0.248. The van der Waals surface area contributed by atoms with Crippen LogP contribution in [0.15, 0.2) is 84.3 Å². The van der Waals surface area contributed by atoms with E-state index in [1.165, 1.54) is 23.0 Å². The average molecular weight is 471 g/mol. The van der Waals surface area contributed by atoms with Crippen LogP contribution in [0.3, 0.4) is 0 Å². The van der Waals surface area contributed by atoms with Crippen LogP contribution in [0.5, 0.6) is 11.5 Å². The normalized spacial score (nSPS) is 11.1. The molecule has 4 rings (SSSR count). The van der Waals surface area contributed by atoms with Crippen LogP contribution >= 0.6 is 11.3 Å². The fourth-order valence-electron chi connectivity index (χ4n) is 3.39. The van der Waals surface area contributed by atoms with Crippen LogP contribution in [0, 0.1) is 0 Å². The standard InChI is InChI=1S/C28H26N2O3S/c1-19(2)33-25-15-9-20(17-26(25)32-3)10-16-27(31)30-28-29-24(18-34-28)23-13-11-22(12-14-23)21-7-5-4-6-8-21/h4-19H,1-3H3,(H,29,30,31). The van der Waals surface area contributed by atoms with Gasteiger partial charge in [-0.1, -0.05) is 60.7 Å². The molecule has 0 radical (unpaired) electrons. The Balaban J connectivity index is 1.39. The molecule has 3 aromatic carbocycles. The van der Waals surface area contributed by atoms with Gasteiger partial charge in [-0.3, -0.25) is 10.1 Å². The molecule has 1 amide bonds. The van der Waals surface area contributed by atoms with E-state index in [1.54, 1.807) is 13.2 Å². The molecule has 0 saturated heterocycles. The number of thiazole rings is 1. The number of hydrogen-bond acceptors (Lipinski definition) is 5. The number of rotatable bonds is 8. The van der Waals surface area contributed by atoms with Crippen molar-refractivity contribution in [3.8, 4) is 33.9 Å². The summed E-state index contributed by atoms with van der Waals surface area (Å²) in [6, 6.07) is 24.0. The second-order valence-electron chi connectivity index (χ2n) is 7.88. The SMILES string of the molecule is COc1cc(C=CC(=O)Nc2nc(-c3ccc(-c4ccccc4)cc3)cs2)ccc1OC(C)C. The number of ether oxygens (including phenoxy) is 2. The number of methoxy groups -OCH3 is 1. The molecule has 34 heavy (non-hydrogen) atoms. The highest BCUT2D eigenvalue weighted by molar-refractivity contribution is 7.14. The second kappa shape index (κ2) is 10.8. The Morgan fingerprint density at radius 2 is 1.65 bits per heavy atom. The Kier molecular flexibility index (Phi) is 7.40. The highest BCUT2D eigenvalue weighted by Crippen LogP contribution is 2.30. The fourth-order valence-corrected chi connectivity index (χ4v) is 4.11. The van der Waals surface area contributed by atoms with E-state index < -0.39 is 0 Å². The van der Waals surface area contributed by atoms with Crippen molar-refractivity contribution in [2.75, 3.05) is 12.4 Å². The van der Waals surface area contributed by atoms with E-state index in [0.29, 0.717) is 16.6 Å². The Bertz CT molecular complexity index is 1280. The molecule has 1 N–H and O–H groups in total. The molecule has 0 bridgehead atoms. The molecule has 1 heterocycles. The molecule has 172 valence electrons. The lowest BCUT2D eigenvalue weighted by molar-refractivity contribution is -0.111. The molecule has 0 aliphatic heterocycles. The second-order valence-corrected chi connectivity index (χ2v) is 8.74. The van der Waals surface area contributed by atoms with Crippen molar-refractivity contribution < 1.29 is 14.3 Å². The topological polar surface area (TPSA) is 60.5 Å². The summed E-state index contributed by atoms with van der Waals surface area (Å²) >= 11 is 1.40. The van der Waals surface area contributed by atoms with Gasteiger partial charge in [0.15, 0.2) is 16.6 Å². The number of nitrogens with one attached hydrogen (secondary N) is 1. The van der Waals surface area contributed by atoms with Gasteiger partial charge < -0.3 is 9.47 Å². The van der Waals surface area contributed by atoms with E-state index >= 15 is 0 Å². The van der Waals surface area contributed by atoms with Crippen LogP contribution in [-0.2, 0) is 4.79 Å². The summed E-state index contributed by atoms with van der Waals surface area (Å²) in [4.78, 5) is 17.0. The van der Waals surface area contributed by atoms with Gasteiger partial charge in [-0.25, -0.2) is 4.98 Å². The highest BCUT2D eigenvalue weighted by atomic mass is 32.1. The molecule has 0 unspecified atom stereocenters. The van der Waals surface area contributed by atoms with E-state index in [1.807, 2.05) is 67.8 Å². The molecule has 0 spiro atoms. The number of carbonyl (C=O) groups is 1. The maximum Gasteiger partial charge on any atom is 0.250 e. The van der Waals surface area contributed by atoms with Crippen molar-refractivity contribution in [1.82, 2.24) is 4.98 Å². The number of hydrogen-bond donors (Lipinski definition) is 1. The minimum absolute atomic E-state index is 0.0473. The van der Waals surface area contributed by atoms with Gasteiger partial charge >= 0.3 is 0 Å². The number of benzene rings is 3. The van der Waals surface area contributed by atoms with Gasteiger partial charge in [-0.05, 0) is 48.7 Å². The summed E-state index contributed by atoms with van der Waals surface area (Å²) in [5.41, 5.74) is 4.99. The first-order chi connectivity index (χ1) is 16.5. The third-order valence-electron chi connectivity index (χ3n) is 5.00. The Morgan fingerprint density at radius 1 is 0.941 bits per heavy atom. The number of amides is 1. The lowest BCUT2D eigenvalue weighted by Crippen LogP contribution is -2.07. The van der Waals surface area contributed by atoms with Crippen molar-refractivity contribution in [3.63, 3.8) is 0 Å². The van der Waals surface area contributed by atoms with Crippen molar-refractivity contribution in [2.45, 2.75) is 20.0 Å². The first-order valence-corrected chi connectivity index (χ1v) is 11.8. The third kappa shape index (κ3) is 5.91. The van der Waals surface area contributed by atoms with Crippen molar-refractivity contribution >= 4 is 28.5 Å². The summed E-state index contributed by atoms with van der Waals surface area (Å²) in [6.45, 7) is 3.92. The lowest BCUT2D eigenvalue weighted by Gasteiger charge is -2.13. The first-order valence-electron chi connectivity index (χ1n) is 11.0. The largest absolute Gasteiger partial charge is 0.493 e. The van der Waals surface area contributed by atoms with Gasteiger partial charge in [0.25, 0.3) is 0 Å². The molecule has 0 atom stereocenters. The summed E-state index contributed by atoms with van der Waals surface area (Å²) in [5, 5.41) is 5.32. The smallest absolute Gasteiger partial charge is 0.250 e. The van der Waals surface area contributed by atoms with Gasteiger partial charge in [0.2, 0.25) is 5.91 Å². The lowest BCUT2D eigenvalue weighted by atomic mass is 10.0. The Morgan fingerprint density at radius 3 is 2.35 bits per heavy atom. The molecular weight excluding hydrogens is 444 g/mol. The van der Waals surface area contributed by atoms with Gasteiger partial charge in [-0.15, -0.1) is 11.3 Å². The number of aromatic nitrogens is 1. The maximum atomic E-state index is 12.4. The molecule has 0 aliphatic rings. The molecule has 0 fully saturated rings. The zero-order chi connectivity index (χ0) is 23.9. The van der Waals surface area contributed by atoms with Crippen LogP contribution in [0.4, 0.5) is 5.13 Å². The number of nitrogens with zero attached hydrogens (tertiary/aromatic N) is 1. The van der Waals surface area contributed by atoms with Crippen molar-refractivity contribution in [1.29, 1.82) is 0 Å². The Hall–Kier alpha value is -3.90. The van der Waals surface area contributed by atoms with E-state index in [4.69, 9.17) is 9.47 Å². The van der Waals surface area contributed by atoms with Crippen molar-refractivity contribution in [3.05, 3.63) is 89.8 Å². The van der Waals surface area contributed by atoms with Crippen LogP contribution in [0.25, 0.3) is 28.5 Å². The highest BCUT2D eigenvalue weighted by Gasteiger charge is 2.09. The zero-order valence-corrected chi connectivity index (χ0v) is 20.1. The predicted molar refractivity (Wildman–Crippen MR) is 139 cm³/mol. The predicted octanol–water partition coefficient (Wildman–Crippen LogP) is 6.92. The van der Waals surface area contributed by atoms with Crippen LogP contribution < -0.4 is 14.8 Å². The van der Waals surface area contributed by atoms with Crippen LogP contribution in [0.2, 0.25) is 0 Å². The zero-order valence-electron chi connectivity index (χ0n) is 19.3. The molecule has 5 nitrogen and oxygen atoms in total. The average Bonchev–Trinajstić information content (AvgIpc) is 3.32. The number of carbonyl (C=O) groups excluding carboxylic acids is 1. The molecule has 6 heteroatoms. The summed E-state index contributed by atoms with van der Waals surface area (Å²) in [7, 11) is 1.60. The van der Waals surface area contributed by atoms with Crippen molar-refractivity contribution in [2.24, 2.45) is 0 Å². The van der Waals surface area contributed by atoms with Gasteiger partial charge in [0, 0.05) is 17.0 Å². The quantitative estimate of drug-likeness (QED) is 0.284. The molecule has 1 aromatic heterocycles. The molecule has 4 aromatic rings.